The molecule has 0 spiro atoms. The number of hydrogen-bond donors (Lipinski definition) is 0. The smallest absolute Gasteiger partial charge is 0.254 e. The van der Waals surface area contributed by atoms with E-state index < -0.39 is 0 Å². The van der Waals surface area contributed by atoms with Crippen molar-refractivity contribution >= 4 is 17.7 Å². The molecule has 1 aromatic carbocycles. The summed E-state index contributed by atoms with van der Waals surface area (Å²) in [5.41, 5.74) is 2.69. The number of rotatable bonds is 3. The van der Waals surface area contributed by atoms with Crippen LogP contribution in [-0.4, -0.2) is 53.5 Å². The Morgan fingerprint density at radius 2 is 1.45 bits per heavy atom. The van der Waals surface area contributed by atoms with Crippen molar-refractivity contribution in [1.29, 1.82) is 0 Å². The summed E-state index contributed by atoms with van der Waals surface area (Å²) in [6.45, 7) is 5.20. The molecule has 7 heteroatoms. The normalized spacial score (nSPS) is 19.3. The number of carbonyl (C=O) groups is 1. The third kappa shape index (κ3) is 4.23. The van der Waals surface area contributed by atoms with Gasteiger partial charge in [0.1, 0.15) is 11.6 Å². The van der Waals surface area contributed by atoms with Crippen molar-refractivity contribution in [3.8, 4) is 0 Å². The molecular formula is C24H30FN5O. The van der Waals surface area contributed by atoms with Gasteiger partial charge in [0.25, 0.3) is 5.91 Å². The van der Waals surface area contributed by atoms with E-state index in [1.54, 1.807) is 12.1 Å². The number of piperidine rings is 2. The van der Waals surface area contributed by atoms with Crippen LogP contribution in [0, 0.1) is 5.82 Å². The molecule has 0 radical (unpaired) electrons. The van der Waals surface area contributed by atoms with Crippen molar-refractivity contribution in [3.05, 3.63) is 46.9 Å². The van der Waals surface area contributed by atoms with E-state index in [2.05, 4.69) is 9.80 Å². The number of fused-ring (bicyclic) bond motifs is 1. The van der Waals surface area contributed by atoms with Crippen LogP contribution in [-0.2, 0) is 13.0 Å². The highest BCUT2D eigenvalue weighted by molar-refractivity contribution is 5.94. The molecule has 2 fully saturated rings. The van der Waals surface area contributed by atoms with Crippen molar-refractivity contribution < 1.29 is 9.18 Å². The minimum atomic E-state index is -0.327. The molecule has 3 aliphatic heterocycles. The quantitative estimate of drug-likeness (QED) is 0.752. The van der Waals surface area contributed by atoms with Crippen molar-refractivity contribution in [2.75, 3.05) is 42.5 Å². The van der Waals surface area contributed by atoms with Crippen LogP contribution in [0.25, 0.3) is 0 Å². The van der Waals surface area contributed by atoms with Gasteiger partial charge in [-0.1, -0.05) is 0 Å². The summed E-state index contributed by atoms with van der Waals surface area (Å²) < 4.78 is 13.3. The first-order valence-electron chi connectivity index (χ1n) is 11.6. The summed E-state index contributed by atoms with van der Waals surface area (Å²) in [7, 11) is 0. The molecule has 31 heavy (non-hydrogen) atoms. The molecule has 6 nitrogen and oxygen atoms in total. The zero-order valence-electron chi connectivity index (χ0n) is 18.0. The van der Waals surface area contributed by atoms with Gasteiger partial charge in [-0.3, -0.25) is 4.79 Å². The number of benzene rings is 1. The lowest BCUT2D eigenvalue weighted by Gasteiger charge is -2.36. The summed E-state index contributed by atoms with van der Waals surface area (Å²) in [5, 5.41) is 0. The van der Waals surface area contributed by atoms with Gasteiger partial charge in [0.15, 0.2) is 0 Å². The predicted octanol–water partition coefficient (Wildman–Crippen LogP) is 3.79. The van der Waals surface area contributed by atoms with Crippen LogP contribution in [0.3, 0.4) is 0 Å². The first kappa shape index (κ1) is 20.2. The Hall–Kier alpha value is -2.70. The summed E-state index contributed by atoms with van der Waals surface area (Å²) >= 11 is 0. The van der Waals surface area contributed by atoms with Gasteiger partial charge in [-0.2, -0.15) is 4.98 Å². The predicted molar refractivity (Wildman–Crippen MR) is 119 cm³/mol. The average molecular weight is 424 g/mol. The molecule has 5 rings (SSSR count). The Bertz CT molecular complexity index is 936. The first-order valence-corrected chi connectivity index (χ1v) is 11.6. The summed E-state index contributed by atoms with van der Waals surface area (Å²) in [6, 6.07) is 5.82. The van der Waals surface area contributed by atoms with E-state index in [-0.39, 0.29) is 11.7 Å². The van der Waals surface area contributed by atoms with Gasteiger partial charge in [0.05, 0.1) is 12.2 Å². The highest BCUT2D eigenvalue weighted by Crippen LogP contribution is 2.32. The fourth-order valence-electron chi connectivity index (χ4n) is 4.93. The molecule has 0 N–H and O–H groups in total. The maximum atomic E-state index is 13.3. The van der Waals surface area contributed by atoms with Crippen LogP contribution < -0.4 is 9.80 Å². The van der Waals surface area contributed by atoms with E-state index in [1.807, 2.05) is 4.90 Å². The topological polar surface area (TPSA) is 52.6 Å². The lowest BCUT2D eigenvalue weighted by atomic mass is 10.0. The highest BCUT2D eigenvalue weighted by Gasteiger charge is 2.30. The second kappa shape index (κ2) is 8.81. The van der Waals surface area contributed by atoms with Crippen molar-refractivity contribution in [3.63, 3.8) is 0 Å². The number of halogens is 1. The van der Waals surface area contributed by atoms with Crippen LogP contribution in [0.15, 0.2) is 24.3 Å². The molecule has 0 aliphatic carbocycles. The Morgan fingerprint density at radius 3 is 2.13 bits per heavy atom. The SMILES string of the molecule is O=C(c1ccc(F)cc1)N1CCc2nc(N3CCCCC3)nc(N3CCCCC3)c2C1. The zero-order chi connectivity index (χ0) is 21.2. The molecule has 1 amide bonds. The molecule has 2 saturated heterocycles. The van der Waals surface area contributed by atoms with Gasteiger partial charge in [-0.25, -0.2) is 9.37 Å². The molecule has 2 aromatic rings. The standard InChI is InChI=1S/C24H30FN5O/c25-19-9-7-18(8-10-19)23(31)30-16-11-21-20(17-30)22(28-12-3-1-4-13-28)27-24(26-21)29-14-5-2-6-15-29/h7-10H,1-6,11-17H2. The molecule has 1 aromatic heterocycles. The number of nitrogens with zero attached hydrogens (tertiary/aromatic N) is 5. The zero-order valence-corrected chi connectivity index (χ0v) is 18.0. The fraction of sp³-hybridized carbons (Fsp3) is 0.542. The van der Waals surface area contributed by atoms with Crippen LogP contribution >= 0.6 is 0 Å². The van der Waals surface area contributed by atoms with Crippen LogP contribution in [0.1, 0.15) is 60.1 Å². The second-order valence-electron chi connectivity index (χ2n) is 8.85. The molecule has 0 bridgehead atoms. The summed E-state index contributed by atoms with van der Waals surface area (Å²) in [6.07, 6.45) is 8.01. The van der Waals surface area contributed by atoms with Crippen LogP contribution in [0.2, 0.25) is 0 Å². The molecule has 0 atom stereocenters. The minimum Gasteiger partial charge on any atom is -0.356 e. The molecule has 164 valence electrons. The Labute approximate surface area is 183 Å². The summed E-state index contributed by atoms with van der Waals surface area (Å²) in [4.78, 5) is 29.7. The number of amides is 1. The van der Waals surface area contributed by atoms with Crippen molar-refractivity contribution in [2.24, 2.45) is 0 Å². The van der Waals surface area contributed by atoms with E-state index in [1.165, 1.54) is 50.7 Å². The highest BCUT2D eigenvalue weighted by atomic mass is 19.1. The molecular weight excluding hydrogens is 393 g/mol. The fourth-order valence-corrected chi connectivity index (χ4v) is 4.93. The monoisotopic (exact) mass is 423 g/mol. The second-order valence-corrected chi connectivity index (χ2v) is 8.85. The van der Waals surface area contributed by atoms with E-state index >= 15 is 0 Å². The van der Waals surface area contributed by atoms with Crippen molar-refractivity contribution in [2.45, 2.75) is 51.5 Å². The van der Waals surface area contributed by atoms with Gasteiger partial charge in [-0.05, 0) is 62.8 Å². The Kier molecular flexibility index (Phi) is 5.74. The average Bonchev–Trinajstić information content (AvgIpc) is 2.84. The largest absolute Gasteiger partial charge is 0.356 e. The van der Waals surface area contributed by atoms with Gasteiger partial charge in [0, 0.05) is 50.3 Å². The third-order valence-electron chi connectivity index (χ3n) is 6.70. The van der Waals surface area contributed by atoms with E-state index in [0.29, 0.717) is 18.7 Å². The van der Waals surface area contributed by atoms with Crippen molar-refractivity contribution in [1.82, 2.24) is 14.9 Å². The number of aromatic nitrogens is 2. The Balaban J connectivity index is 1.46. The third-order valence-corrected chi connectivity index (χ3v) is 6.70. The maximum Gasteiger partial charge on any atom is 0.254 e. The van der Waals surface area contributed by atoms with Gasteiger partial charge < -0.3 is 14.7 Å². The molecule has 4 heterocycles. The molecule has 0 saturated carbocycles. The Morgan fingerprint density at radius 1 is 0.806 bits per heavy atom. The van der Waals surface area contributed by atoms with Gasteiger partial charge >= 0.3 is 0 Å². The van der Waals surface area contributed by atoms with Gasteiger partial charge in [0.2, 0.25) is 5.95 Å². The van der Waals surface area contributed by atoms with E-state index in [0.717, 1.165) is 55.6 Å². The lowest BCUT2D eigenvalue weighted by molar-refractivity contribution is 0.0733. The minimum absolute atomic E-state index is 0.0599. The van der Waals surface area contributed by atoms with Crippen LogP contribution in [0.4, 0.5) is 16.2 Å². The van der Waals surface area contributed by atoms with E-state index in [9.17, 15) is 9.18 Å². The van der Waals surface area contributed by atoms with Crippen LogP contribution in [0.5, 0.6) is 0 Å². The summed E-state index contributed by atoms with van der Waals surface area (Å²) in [5.74, 6) is 1.49. The molecule has 3 aliphatic rings. The lowest BCUT2D eigenvalue weighted by Crippen LogP contribution is -2.40. The number of carbonyl (C=O) groups excluding carboxylic acids is 1. The maximum absolute atomic E-state index is 13.3. The first-order chi connectivity index (χ1) is 15.2. The molecule has 0 unspecified atom stereocenters. The van der Waals surface area contributed by atoms with Gasteiger partial charge in [-0.15, -0.1) is 0 Å². The number of anilines is 2. The number of hydrogen-bond acceptors (Lipinski definition) is 5. The van der Waals surface area contributed by atoms with E-state index in [4.69, 9.17) is 9.97 Å².